The topological polar surface area (TPSA) is 72.8 Å². The summed E-state index contributed by atoms with van der Waals surface area (Å²) >= 11 is 0. The molecule has 30 heavy (non-hydrogen) atoms. The summed E-state index contributed by atoms with van der Waals surface area (Å²) in [6, 6.07) is 4.93. The fourth-order valence-electron chi connectivity index (χ4n) is 4.13. The van der Waals surface area contributed by atoms with Gasteiger partial charge >= 0.3 is 6.18 Å². The highest BCUT2D eigenvalue weighted by Crippen LogP contribution is 2.38. The van der Waals surface area contributed by atoms with Crippen molar-refractivity contribution < 1.29 is 17.9 Å². The number of ether oxygens (including phenoxy) is 1. The summed E-state index contributed by atoms with van der Waals surface area (Å²) in [5, 5.41) is 0. The monoisotopic (exact) mass is 420 g/mol. The molecule has 1 aliphatic rings. The SMILES string of the molecule is CCn1c(=O)ccc2[nH]cc(-c3cc(OC4CCC(C(F)(F)F)CC4)nc(C)n3)c21. The molecule has 6 nitrogen and oxygen atoms in total. The number of H-pyrrole nitrogens is 1. The molecular weight excluding hydrogens is 397 g/mol. The van der Waals surface area contributed by atoms with Gasteiger partial charge in [0.15, 0.2) is 0 Å². The second-order valence-electron chi connectivity index (χ2n) is 7.65. The van der Waals surface area contributed by atoms with E-state index in [1.165, 1.54) is 6.07 Å². The zero-order valence-electron chi connectivity index (χ0n) is 16.8. The first-order valence-electron chi connectivity index (χ1n) is 10.1. The third-order valence-corrected chi connectivity index (χ3v) is 5.64. The van der Waals surface area contributed by atoms with Crippen molar-refractivity contribution in [3.63, 3.8) is 0 Å². The predicted molar refractivity (Wildman–Crippen MR) is 106 cm³/mol. The van der Waals surface area contributed by atoms with Gasteiger partial charge in [0.2, 0.25) is 5.88 Å². The van der Waals surface area contributed by atoms with Gasteiger partial charge in [0.25, 0.3) is 5.56 Å². The summed E-state index contributed by atoms with van der Waals surface area (Å²) in [6.07, 6.45) is -1.85. The molecule has 0 unspecified atom stereocenters. The smallest absolute Gasteiger partial charge is 0.391 e. The minimum absolute atomic E-state index is 0.0658. The summed E-state index contributed by atoms with van der Waals surface area (Å²) in [4.78, 5) is 24.2. The summed E-state index contributed by atoms with van der Waals surface area (Å²) in [5.41, 5.74) is 2.81. The van der Waals surface area contributed by atoms with Gasteiger partial charge in [-0.1, -0.05) is 0 Å². The molecule has 0 saturated heterocycles. The van der Waals surface area contributed by atoms with E-state index >= 15 is 0 Å². The number of fused-ring (bicyclic) bond motifs is 1. The second-order valence-corrected chi connectivity index (χ2v) is 7.65. The molecule has 9 heteroatoms. The molecule has 1 aliphatic carbocycles. The first-order valence-corrected chi connectivity index (χ1v) is 10.1. The van der Waals surface area contributed by atoms with Gasteiger partial charge in [-0.2, -0.15) is 18.2 Å². The average Bonchev–Trinajstić information content (AvgIpc) is 3.11. The fourth-order valence-corrected chi connectivity index (χ4v) is 4.13. The molecule has 1 saturated carbocycles. The van der Waals surface area contributed by atoms with Gasteiger partial charge in [-0.25, -0.2) is 4.98 Å². The van der Waals surface area contributed by atoms with E-state index in [1.54, 1.807) is 29.8 Å². The number of halogens is 3. The Hall–Kier alpha value is -2.84. The summed E-state index contributed by atoms with van der Waals surface area (Å²) in [7, 11) is 0. The van der Waals surface area contributed by atoms with E-state index in [9.17, 15) is 18.0 Å². The summed E-state index contributed by atoms with van der Waals surface area (Å²) < 4.78 is 46.3. The van der Waals surface area contributed by atoms with E-state index in [0.29, 0.717) is 36.8 Å². The van der Waals surface area contributed by atoms with E-state index in [1.807, 2.05) is 6.92 Å². The van der Waals surface area contributed by atoms with Crippen LogP contribution in [0.5, 0.6) is 5.88 Å². The van der Waals surface area contributed by atoms with E-state index in [4.69, 9.17) is 4.74 Å². The Bertz CT molecular complexity index is 1110. The van der Waals surface area contributed by atoms with Crippen LogP contribution in [-0.2, 0) is 6.54 Å². The lowest BCUT2D eigenvalue weighted by molar-refractivity contribution is -0.185. The van der Waals surface area contributed by atoms with Gasteiger partial charge in [0.05, 0.1) is 22.6 Å². The highest BCUT2D eigenvalue weighted by molar-refractivity contribution is 5.91. The Morgan fingerprint density at radius 3 is 2.60 bits per heavy atom. The third kappa shape index (κ3) is 3.93. The Kier molecular flexibility index (Phi) is 5.29. The first-order chi connectivity index (χ1) is 14.3. The predicted octanol–water partition coefficient (Wildman–Crippen LogP) is 4.61. The standard InChI is InChI=1S/C21H23F3N4O2/c1-3-28-19(29)9-8-16-20(28)15(11-25-16)17-10-18(27-12(2)26-17)30-14-6-4-13(5-7-14)21(22,23)24/h8-11,13-14,25H,3-7H2,1-2H3. The minimum Gasteiger partial charge on any atom is -0.474 e. The van der Waals surface area contributed by atoms with Gasteiger partial charge in [-0.15, -0.1) is 0 Å². The van der Waals surface area contributed by atoms with Gasteiger partial charge < -0.3 is 14.3 Å². The van der Waals surface area contributed by atoms with Crippen molar-refractivity contribution in [2.75, 3.05) is 0 Å². The van der Waals surface area contributed by atoms with Crippen LogP contribution in [0.3, 0.4) is 0 Å². The molecule has 0 aliphatic heterocycles. The van der Waals surface area contributed by atoms with Crippen molar-refractivity contribution in [2.45, 2.75) is 58.4 Å². The molecule has 0 spiro atoms. The number of rotatable bonds is 4. The van der Waals surface area contributed by atoms with Crippen LogP contribution in [-0.4, -0.2) is 31.8 Å². The first kappa shape index (κ1) is 20.4. The van der Waals surface area contributed by atoms with Crippen LogP contribution >= 0.6 is 0 Å². The molecule has 0 aromatic carbocycles. The van der Waals surface area contributed by atoms with Crippen molar-refractivity contribution in [3.8, 4) is 17.1 Å². The van der Waals surface area contributed by atoms with Crippen LogP contribution in [0, 0.1) is 12.8 Å². The quantitative estimate of drug-likeness (QED) is 0.669. The van der Waals surface area contributed by atoms with E-state index in [2.05, 4.69) is 15.0 Å². The molecule has 1 N–H and O–H groups in total. The van der Waals surface area contributed by atoms with Crippen LogP contribution in [0.1, 0.15) is 38.4 Å². The lowest BCUT2D eigenvalue weighted by Crippen LogP contribution is -2.32. The number of aryl methyl sites for hydroxylation is 2. The van der Waals surface area contributed by atoms with Gasteiger partial charge in [0.1, 0.15) is 11.9 Å². The Morgan fingerprint density at radius 1 is 1.20 bits per heavy atom. The van der Waals surface area contributed by atoms with Crippen LogP contribution in [0.4, 0.5) is 13.2 Å². The Balaban J connectivity index is 1.62. The molecular formula is C21H23F3N4O2. The number of nitrogens with one attached hydrogen (secondary N) is 1. The van der Waals surface area contributed by atoms with Crippen molar-refractivity contribution >= 4 is 11.0 Å². The number of aromatic nitrogens is 4. The maximum Gasteiger partial charge on any atom is 0.391 e. The zero-order chi connectivity index (χ0) is 21.5. The molecule has 3 heterocycles. The number of hydrogen-bond acceptors (Lipinski definition) is 4. The molecule has 160 valence electrons. The molecule has 3 aromatic rings. The highest BCUT2D eigenvalue weighted by atomic mass is 19.4. The molecule has 3 aromatic heterocycles. The molecule has 0 radical (unpaired) electrons. The molecule has 4 rings (SSSR count). The Morgan fingerprint density at radius 2 is 1.93 bits per heavy atom. The number of alkyl halides is 3. The maximum atomic E-state index is 12.9. The zero-order valence-corrected chi connectivity index (χ0v) is 16.8. The minimum atomic E-state index is -4.14. The Labute approximate surface area is 171 Å². The lowest BCUT2D eigenvalue weighted by Gasteiger charge is -2.29. The lowest BCUT2D eigenvalue weighted by atomic mass is 9.87. The normalized spacial score (nSPS) is 19.9. The van der Waals surface area contributed by atoms with E-state index < -0.39 is 12.1 Å². The number of nitrogens with zero attached hydrogens (tertiary/aromatic N) is 3. The van der Waals surface area contributed by atoms with Gasteiger partial charge in [-0.3, -0.25) is 4.79 Å². The largest absolute Gasteiger partial charge is 0.474 e. The van der Waals surface area contributed by atoms with Crippen molar-refractivity contribution in [1.29, 1.82) is 0 Å². The number of hydrogen-bond donors (Lipinski definition) is 1. The second kappa shape index (κ2) is 7.77. The molecule has 0 atom stereocenters. The molecule has 0 bridgehead atoms. The van der Waals surface area contributed by atoms with Crippen molar-refractivity contribution in [3.05, 3.63) is 40.6 Å². The van der Waals surface area contributed by atoms with Gasteiger partial charge in [-0.05, 0) is 45.6 Å². The van der Waals surface area contributed by atoms with E-state index in [0.717, 1.165) is 16.6 Å². The summed E-state index contributed by atoms with van der Waals surface area (Å²) in [6.45, 7) is 4.14. The van der Waals surface area contributed by atoms with Crippen LogP contribution in [0.2, 0.25) is 0 Å². The van der Waals surface area contributed by atoms with Gasteiger partial charge in [0, 0.05) is 30.4 Å². The van der Waals surface area contributed by atoms with Crippen molar-refractivity contribution in [1.82, 2.24) is 19.5 Å². The van der Waals surface area contributed by atoms with Crippen LogP contribution in [0.25, 0.3) is 22.3 Å². The fraction of sp³-hybridized carbons (Fsp3) is 0.476. The summed E-state index contributed by atoms with van der Waals surface area (Å²) in [5.74, 6) is -0.428. The molecule has 1 fully saturated rings. The number of pyridine rings is 1. The maximum absolute atomic E-state index is 12.9. The number of aromatic amines is 1. The van der Waals surface area contributed by atoms with E-state index in [-0.39, 0.29) is 24.5 Å². The average molecular weight is 420 g/mol. The van der Waals surface area contributed by atoms with Crippen LogP contribution in [0.15, 0.2) is 29.2 Å². The van der Waals surface area contributed by atoms with Crippen molar-refractivity contribution in [2.24, 2.45) is 5.92 Å². The third-order valence-electron chi connectivity index (χ3n) is 5.64. The molecule has 0 amide bonds. The highest BCUT2D eigenvalue weighted by Gasteiger charge is 2.41. The van der Waals surface area contributed by atoms with Crippen LogP contribution < -0.4 is 10.3 Å².